The third-order valence-electron chi connectivity index (χ3n) is 4.63. The Kier molecular flexibility index (Phi) is 6.64. The van der Waals surface area contributed by atoms with E-state index in [-0.39, 0.29) is 12.3 Å². The van der Waals surface area contributed by atoms with E-state index in [0.717, 1.165) is 40.1 Å². The molecule has 158 valence electrons. The van der Waals surface area contributed by atoms with Gasteiger partial charge in [0.1, 0.15) is 23.2 Å². The van der Waals surface area contributed by atoms with Gasteiger partial charge in [0.2, 0.25) is 5.91 Å². The van der Waals surface area contributed by atoms with Crippen molar-refractivity contribution in [3.8, 4) is 5.75 Å². The van der Waals surface area contributed by atoms with E-state index >= 15 is 0 Å². The molecule has 0 saturated heterocycles. The topological polar surface area (TPSA) is 69.0 Å². The smallest absolute Gasteiger partial charge is 0.230 e. The Morgan fingerprint density at radius 1 is 1.16 bits per heavy atom. The Labute approximate surface area is 189 Å². The second-order valence-corrected chi connectivity index (χ2v) is 8.38. The van der Waals surface area contributed by atoms with Crippen LogP contribution in [-0.4, -0.2) is 20.4 Å². The van der Waals surface area contributed by atoms with Gasteiger partial charge in [-0.2, -0.15) is 0 Å². The molecule has 0 bridgehead atoms. The molecule has 0 fully saturated rings. The van der Waals surface area contributed by atoms with E-state index in [4.69, 9.17) is 16.3 Å². The Morgan fingerprint density at radius 3 is 2.65 bits per heavy atom. The van der Waals surface area contributed by atoms with E-state index in [2.05, 4.69) is 19.9 Å². The van der Waals surface area contributed by atoms with E-state index in [1.165, 1.54) is 11.3 Å². The van der Waals surface area contributed by atoms with Crippen LogP contribution in [0, 0.1) is 6.92 Å². The lowest BCUT2D eigenvalue weighted by molar-refractivity contribution is -0.115. The number of hydrogen-bond donors (Lipinski definition) is 1. The van der Waals surface area contributed by atoms with Crippen molar-refractivity contribution in [3.63, 3.8) is 0 Å². The first-order valence-corrected chi connectivity index (χ1v) is 11.0. The predicted molar refractivity (Wildman–Crippen MR) is 123 cm³/mol. The fourth-order valence-corrected chi connectivity index (χ4v) is 3.83. The fraction of sp³-hybridized carbons (Fsp3) is 0.174. The number of thiazole rings is 1. The quantitative estimate of drug-likeness (QED) is 0.403. The largest absolute Gasteiger partial charge is 0.486 e. The molecule has 0 aliphatic carbocycles. The van der Waals surface area contributed by atoms with Gasteiger partial charge in [-0.25, -0.2) is 9.97 Å². The molecule has 31 heavy (non-hydrogen) atoms. The summed E-state index contributed by atoms with van der Waals surface area (Å²) in [7, 11) is 0. The molecule has 2 aromatic carbocycles. The van der Waals surface area contributed by atoms with E-state index in [0.29, 0.717) is 11.6 Å². The molecule has 2 heterocycles. The minimum absolute atomic E-state index is 0.103. The number of carbonyl (C=O) groups excluding carboxylic acids is 1. The van der Waals surface area contributed by atoms with Gasteiger partial charge in [0.05, 0.1) is 12.1 Å². The number of aryl methyl sites for hydroxylation is 1. The van der Waals surface area contributed by atoms with Crippen molar-refractivity contribution in [2.45, 2.75) is 26.5 Å². The van der Waals surface area contributed by atoms with Crippen LogP contribution < -0.4 is 10.1 Å². The van der Waals surface area contributed by atoms with Crippen LogP contribution in [0.15, 0.2) is 66.3 Å². The van der Waals surface area contributed by atoms with Crippen LogP contribution in [0.3, 0.4) is 0 Å². The summed E-state index contributed by atoms with van der Waals surface area (Å²) < 4.78 is 7.77. The fourth-order valence-electron chi connectivity index (χ4n) is 3.00. The summed E-state index contributed by atoms with van der Waals surface area (Å²) in [5, 5.41) is 6.29. The van der Waals surface area contributed by atoms with Crippen molar-refractivity contribution >= 4 is 34.5 Å². The Balaban J connectivity index is 1.27. The van der Waals surface area contributed by atoms with Gasteiger partial charge in [-0.1, -0.05) is 23.7 Å². The summed E-state index contributed by atoms with van der Waals surface area (Å²) >= 11 is 7.35. The Morgan fingerprint density at radius 2 is 1.94 bits per heavy atom. The van der Waals surface area contributed by atoms with Gasteiger partial charge >= 0.3 is 0 Å². The summed E-state index contributed by atoms with van der Waals surface area (Å²) in [6.45, 7) is 3.08. The van der Waals surface area contributed by atoms with E-state index in [1.807, 2.05) is 54.9 Å². The van der Waals surface area contributed by atoms with Gasteiger partial charge in [0.15, 0.2) is 0 Å². The summed E-state index contributed by atoms with van der Waals surface area (Å²) in [6.07, 6.45) is 3.96. The molecular weight excluding hydrogens is 432 g/mol. The molecule has 0 atom stereocenters. The molecule has 8 heteroatoms. The zero-order valence-corrected chi connectivity index (χ0v) is 18.5. The van der Waals surface area contributed by atoms with Crippen LogP contribution in [0.25, 0.3) is 0 Å². The molecular formula is C23H21ClN4O2S. The second-order valence-electron chi connectivity index (χ2n) is 7.00. The summed E-state index contributed by atoms with van der Waals surface area (Å²) in [5.74, 6) is 1.60. The number of amides is 1. The predicted octanol–water partition coefficient (Wildman–Crippen LogP) is 5.11. The van der Waals surface area contributed by atoms with Crippen molar-refractivity contribution < 1.29 is 9.53 Å². The highest BCUT2D eigenvalue weighted by Crippen LogP contribution is 2.19. The standard InChI is InChI=1S/C23H21ClN4O2S/c1-16-25-10-11-28(16)13-17-2-6-19(7-3-17)26-22(29)12-20-15-31-23(27-20)14-30-21-8-4-18(24)5-9-21/h2-11,15H,12-14H2,1H3,(H,26,29). The molecule has 0 spiro atoms. The molecule has 0 aliphatic heterocycles. The number of nitrogens with zero attached hydrogens (tertiary/aromatic N) is 3. The lowest BCUT2D eigenvalue weighted by Crippen LogP contribution is -2.14. The minimum Gasteiger partial charge on any atom is -0.486 e. The van der Waals surface area contributed by atoms with Crippen LogP contribution >= 0.6 is 22.9 Å². The minimum atomic E-state index is -0.103. The lowest BCUT2D eigenvalue weighted by atomic mass is 10.2. The number of hydrogen-bond acceptors (Lipinski definition) is 5. The van der Waals surface area contributed by atoms with Crippen molar-refractivity contribution in [1.29, 1.82) is 0 Å². The number of aromatic nitrogens is 3. The van der Waals surface area contributed by atoms with Gasteiger partial charge in [-0.15, -0.1) is 11.3 Å². The van der Waals surface area contributed by atoms with Gasteiger partial charge in [0, 0.05) is 35.0 Å². The zero-order valence-electron chi connectivity index (χ0n) is 16.9. The molecule has 4 aromatic rings. The Bertz CT molecular complexity index is 1150. The van der Waals surface area contributed by atoms with Crippen molar-refractivity contribution in [2.24, 2.45) is 0 Å². The Hall–Kier alpha value is -3.16. The molecule has 0 aliphatic rings. The molecule has 2 aromatic heterocycles. The number of imidazole rings is 1. The average molecular weight is 453 g/mol. The van der Waals surface area contributed by atoms with Crippen LogP contribution in [-0.2, 0) is 24.4 Å². The van der Waals surface area contributed by atoms with Crippen molar-refractivity contribution in [2.75, 3.05) is 5.32 Å². The average Bonchev–Trinajstić information content (AvgIpc) is 3.38. The van der Waals surface area contributed by atoms with Crippen molar-refractivity contribution in [1.82, 2.24) is 14.5 Å². The maximum absolute atomic E-state index is 12.4. The first-order valence-electron chi connectivity index (χ1n) is 9.73. The first kappa shape index (κ1) is 21.1. The maximum atomic E-state index is 12.4. The maximum Gasteiger partial charge on any atom is 0.230 e. The SMILES string of the molecule is Cc1nccn1Cc1ccc(NC(=O)Cc2csc(COc3ccc(Cl)cc3)n2)cc1. The number of halogens is 1. The molecule has 6 nitrogen and oxygen atoms in total. The number of anilines is 1. The first-order chi connectivity index (χ1) is 15.0. The van der Waals surface area contributed by atoms with E-state index < -0.39 is 0 Å². The van der Waals surface area contributed by atoms with Crippen LogP contribution in [0.1, 0.15) is 22.1 Å². The zero-order chi connectivity index (χ0) is 21.6. The molecule has 4 rings (SSSR count). The van der Waals surface area contributed by atoms with Gasteiger partial charge in [-0.3, -0.25) is 4.79 Å². The van der Waals surface area contributed by atoms with Gasteiger partial charge in [-0.05, 0) is 48.9 Å². The van der Waals surface area contributed by atoms with E-state index in [9.17, 15) is 4.79 Å². The van der Waals surface area contributed by atoms with Crippen LogP contribution in [0.4, 0.5) is 5.69 Å². The highest BCUT2D eigenvalue weighted by molar-refractivity contribution is 7.09. The summed E-state index contributed by atoms with van der Waals surface area (Å²) in [6, 6.07) is 15.0. The third-order valence-corrected chi connectivity index (χ3v) is 5.75. The number of carbonyl (C=O) groups is 1. The molecule has 0 radical (unpaired) electrons. The molecule has 0 unspecified atom stereocenters. The number of nitrogens with one attached hydrogen (secondary N) is 1. The van der Waals surface area contributed by atoms with Crippen LogP contribution in [0.2, 0.25) is 5.02 Å². The molecule has 1 N–H and O–H groups in total. The van der Waals surface area contributed by atoms with E-state index in [1.54, 1.807) is 18.3 Å². The molecule has 1 amide bonds. The van der Waals surface area contributed by atoms with Gasteiger partial charge < -0.3 is 14.6 Å². The van der Waals surface area contributed by atoms with Crippen molar-refractivity contribution in [3.05, 3.63) is 93.4 Å². The molecule has 0 saturated carbocycles. The third kappa shape index (κ3) is 5.93. The lowest BCUT2D eigenvalue weighted by Gasteiger charge is -2.08. The number of ether oxygens (including phenoxy) is 1. The second kappa shape index (κ2) is 9.76. The number of benzene rings is 2. The highest BCUT2D eigenvalue weighted by atomic mass is 35.5. The number of rotatable bonds is 8. The monoisotopic (exact) mass is 452 g/mol. The van der Waals surface area contributed by atoms with Crippen LogP contribution in [0.5, 0.6) is 5.75 Å². The highest BCUT2D eigenvalue weighted by Gasteiger charge is 2.09. The summed E-state index contributed by atoms with van der Waals surface area (Å²) in [4.78, 5) is 21.1. The van der Waals surface area contributed by atoms with Gasteiger partial charge in [0.25, 0.3) is 0 Å². The summed E-state index contributed by atoms with van der Waals surface area (Å²) in [5.41, 5.74) is 2.63. The normalized spacial score (nSPS) is 10.8.